The minimum absolute atomic E-state index is 0.0728. The van der Waals surface area contributed by atoms with Crippen LogP contribution >= 0.6 is 0 Å². The SMILES string of the molecule is CCO[C@H](COCc1ccccc1)C(=O)NCCc1ccc(OC(C)C)c(OC)c1. The molecule has 0 aliphatic heterocycles. The largest absolute Gasteiger partial charge is 0.493 e. The van der Waals surface area contributed by atoms with Crippen molar-refractivity contribution >= 4 is 5.91 Å². The van der Waals surface area contributed by atoms with Crippen LogP contribution in [0.25, 0.3) is 0 Å². The molecule has 0 aromatic heterocycles. The molecule has 6 heteroatoms. The van der Waals surface area contributed by atoms with Crippen LogP contribution in [-0.2, 0) is 27.3 Å². The summed E-state index contributed by atoms with van der Waals surface area (Å²) in [6.45, 7) is 7.41. The van der Waals surface area contributed by atoms with Crippen LogP contribution < -0.4 is 14.8 Å². The Bertz CT molecular complexity index is 763. The Balaban J connectivity index is 1.81. The third kappa shape index (κ3) is 8.05. The fraction of sp³-hybridized carbons (Fsp3) is 0.458. The number of hydrogen-bond acceptors (Lipinski definition) is 5. The second kappa shape index (κ2) is 12.9. The van der Waals surface area contributed by atoms with Gasteiger partial charge in [-0.25, -0.2) is 0 Å². The molecule has 0 heterocycles. The van der Waals surface area contributed by atoms with Crippen LogP contribution in [0.3, 0.4) is 0 Å². The monoisotopic (exact) mass is 415 g/mol. The summed E-state index contributed by atoms with van der Waals surface area (Å²) in [5.41, 5.74) is 2.11. The van der Waals surface area contributed by atoms with E-state index in [1.54, 1.807) is 7.11 Å². The molecule has 164 valence electrons. The average molecular weight is 416 g/mol. The lowest BCUT2D eigenvalue weighted by Crippen LogP contribution is -2.40. The van der Waals surface area contributed by atoms with Gasteiger partial charge in [0.05, 0.1) is 26.4 Å². The molecule has 0 fully saturated rings. The quantitative estimate of drug-likeness (QED) is 0.540. The zero-order valence-electron chi connectivity index (χ0n) is 18.4. The number of amides is 1. The number of rotatable bonds is 13. The number of ether oxygens (including phenoxy) is 4. The number of benzene rings is 2. The van der Waals surface area contributed by atoms with Gasteiger partial charge in [0.15, 0.2) is 17.6 Å². The molecular weight excluding hydrogens is 382 g/mol. The van der Waals surface area contributed by atoms with Crippen molar-refractivity contribution in [1.82, 2.24) is 5.32 Å². The van der Waals surface area contributed by atoms with Gasteiger partial charge < -0.3 is 24.3 Å². The van der Waals surface area contributed by atoms with Crippen molar-refractivity contribution in [2.75, 3.05) is 26.9 Å². The molecule has 0 bridgehead atoms. The summed E-state index contributed by atoms with van der Waals surface area (Å²) in [7, 11) is 1.62. The summed E-state index contributed by atoms with van der Waals surface area (Å²) >= 11 is 0. The van der Waals surface area contributed by atoms with Gasteiger partial charge in [0, 0.05) is 13.2 Å². The molecule has 2 aromatic carbocycles. The van der Waals surface area contributed by atoms with E-state index in [0.29, 0.717) is 37.7 Å². The summed E-state index contributed by atoms with van der Waals surface area (Å²) < 4.78 is 22.4. The molecule has 1 N–H and O–H groups in total. The van der Waals surface area contributed by atoms with Gasteiger partial charge in [0.1, 0.15) is 0 Å². The predicted molar refractivity (Wildman–Crippen MR) is 117 cm³/mol. The van der Waals surface area contributed by atoms with Crippen LogP contribution in [0.1, 0.15) is 31.9 Å². The third-order valence-electron chi connectivity index (χ3n) is 4.34. The van der Waals surface area contributed by atoms with E-state index >= 15 is 0 Å². The number of hydrogen-bond donors (Lipinski definition) is 1. The van der Waals surface area contributed by atoms with Crippen LogP contribution in [0.15, 0.2) is 48.5 Å². The normalized spacial score (nSPS) is 11.9. The Hall–Kier alpha value is -2.57. The molecule has 0 saturated carbocycles. The van der Waals surface area contributed by atoms with Gasteiger partial charge in [-0.05, 0) is 50.5 Å². The van der Waals surface area contributed by atoms with Gasteiger partial charge in [-0.1, -0.05) is 36.4 Å². The number of carbonyl (C=O) groups is 1. The molecule has 1 amide bonds. The Kier molecular flexibility index (Phi) is 10.2. The second-order valence-corrected chi connectivity index (χ2v) is 7.14. The molecule has 30 heavy (non-hydrogen) atoms. The first-order chi connectivity index (χ1) is 14.5. The maximum atomic E-state index is 12.5. The third-order valence-corrected chi connectivity index (χ3v) is 4.34. The van der Waals surface area contributed by atoms with Gasteiger partial charge in [0.2, 0.25) is 0 Å². The van der Waals surface area contributed by atoms with Gasteiger partial charge in [-0.2, -0.15) is 0 Å². The second-order valence-electron chi connectivity index (χ2n) is 7.14. The molecule has 1 atom stereocenters. The lowest BCUT2D eigenvalue weighted by atomic mass is 10.1. The summed E-state index contributed by atoms with van der Waals surface area (Å²) in [5.74, 6) is 1.23. The fourth-order valence-electron chi connectivity index (χ4n) is 2.92. The van der Waals surface area contributed by atoms with E-state index in [1.165, 1.54) is 0 Å². The molecule has 2 rings (SSSR count). The zero-order chi connectivity index (χ0) is 21.8. The molecule has 0 saturated heterocycles. The van der Waals surface area contributed by atoms with Crippen LogP contribution in [0.5, 0.6) is 11.5 Å². The Morgan fingerprint density at radius 3 is 2.47 bits per heavy atom. The van der Waals surface area contributed by atoms with Crippen molar-refractivity contribution in [3.63, 3.8) is 0 Å². The van der Waals surface area contributed by atoms with Crippen LogP contribution in [-0.4, -0.2) is 45.0 Å². The highest BCUT2D eigenvalue weighted by Gasteiger charge is 2.18. The summed E-state index contributed by atoms with van der Waals surface area (Å²) in [5, 5.41) is 2.93. The molecule has 0 unspecified atom stereocenters. The number of nitrogens with one attached hydrogen (secondary N) is 1. The van der Waals surface area contributed by atoms with Gasteiger partial charge in [0.25, 0.3) is 5.91 Å². The molecule has 0 aliphatic rings. The van der Waals surface area contributed by atoms with Gasteiger partial charge in [-0.3, -0.25) is 4.79 Å². The zero-order valence-corrected chi connectivity index (χ0v) is 18.4. The Labute approximate surface area is 179 Å². The lowest BCUT2D eigenvalue weighted by Gasteiger charge is -2.17. The molecule has 0 spiro atoms. The van der Waals surface area contributed by atoms with E-state index < -0.39 is 6.10 Å². The van der Waals surface area contributed by atoms with E-state index in [0.717, 1.165) is 11.1 Å². The van der Waals surface area contributed by atoms with Crippen molar-refractivity contribution in [3.8, 4) is 11.5 Å². The molecule has 0 radical (unpaired) electrons. The van der Waals surface area contributed by atoms with E-state index in [-0.39, 0.29) is 18.6 Å². The lowest BCUT2D eigenvalue weighted by molar-refractivity contribution is -0.137. The van der Waals surface area contributed by atoms with Gasteiger partial charge in [-0.15, -0.1) is 0 Å². The summed E-state index contributed by atoms with van der Waals surface area (Å²) in [6, 6.07) is 15.7. The van der Waals surface area contributed by atoms with E-state index in [9.17, 15) is 4.79 Å². The first-order valence-corrected chi connectivity index (χ1v) is 10.4. The van der Waals surface area contributed by atoms with Gasteiger partial charge >= 0.3 is 0 Å². The van der Waals surface area contributed by atoms with Crippen molar-refractivity contribution in [1.29, 1.82) is 0 Å². The highest BCUT2D eigenvalue weighted by molar-refractivity contribution is 5.80. The van der Waals surface area contributed by atoms with E-state index in [4.69, 9.17) is 18.9 Å². The molecular formula is C24H33NO5. The molecule has 6 nitrogen and oxygen atoms in total. The standard InChI is InChI=1S/C24H33NO5/c1-5-29-23(17-28-16-20-9-7-6-8-10-20)24(26)25-14-13-19-11-12-21(30-18(2)3)22(15-19)27-4/h6-12,15,18,23H,5,13-14,16-17H2,1-4H3,(H,25,26)/t23-/m1/s1. The van der Waals surface area contributed by atoms with E-state index in [2.05, 4.69) is 5.32 Å². The van der Waals surface area contributed by atoms with Crippen LogP contribution in [0.4, 0.5) is 0 Å². The number of carbonyl (C=O) groups excluding carboxylic acids is 1. The highest BCUT2D eigenvalue weighted by atomic mass is 16.5. The molecule has 0 aliphatic carbocycles. The Morgan fingerprint density at radius 2 is 1.80 bits per heavy atom. The smallest absolute Gasteiger partial charge is 0.251 e. The number of methoxy groups -OCH3 is 1. The average Bonchev–Trinajstić information content (AvgIpc) is 2.74. The first-order valence-electron chi connectivity index (χ1n) is 10.4. The van der Waals surface area contributed by atoms with Crippen LogP contribution in [0.2, 0.25) is 0 Å². The predicted octanol–water partition coefficient (Wildman–Crippen LogP) is 3.76. The topological polar surface area (TPSA) is 66.0 Å². The maximum absolute atomic E-state index is 12.5. The van der Waals surface area contributed by atoms with Crippen molar-refractivity contribution in [2.24, 2.45) is 0 Å². The fourth-order valence-corrected chi connectivity index (χ4v) is 2.92. The van der Waals surface area contributed by atoms with Crippen LogP contribution in [0, 0.1) is 0 Å². The first kappa shape index (κ1) is 23.7. The van der Waals surface area contributed by atoms with Crippen molar-refractivity contribution in [3.05, 3.63) is 59.7 Å². The van der Waals surface area contributed by atoms with Crippen molar-refractivity contribution in [2.45, 2.75) is 46.0 Å². The summed E-state index contributed by atoms with van der Waals surface area (Å²) in [4.78, 5) is 12.5. The minimum atomic E-state index is -0.630. The highest BCUT2D eigenvalue weighted by Crippen LogP contribution is 2.29. The Morgan fingerprint density at radius 1 is 1.03 bits per heavy atom. The summed E-state index contributed by atoms with van der Waals surface area (Å²) in [6.07, 6.45) is 0.118. The van der Waals surface area contributed by atoms with E-state index in [1.807, 2.05) is 69.3 Å². The minimum Gasteiger partial charge on any atom is -0.493 e. The van der Waals surface area contributed by atoms with Crippen molar-refractivity contribution < 1.29 is 23.7 Å². The maximum Gasteiger partial charge on any atom is 0.251 e. The molecule has 2 aromatic rings.